The second-order valence-corrected chi connectivity index (χ2v) is 8.81. The fourth-order valence-electron chi connectivity index (χ4n) is 3.68. The molecule has 0 atom stereocenters. The van der Waals surface area contributed by atoms with Crippen molar-refractivity contribution in [3.05, 3.63) is 59.7 Å². The fourth-order valence-corrected chi connectivity index (χ4v) is 3.68. The van der Waals surface area contributed by atoms with Crippen molar-refractivity contribution in [2.45, 2.75) is 64.2 Å². The summed E-state index contributed by atoms with van der Waals surface area (Å²) in [4.78, 5) is 47.1. The highest BCUT2D eigenvalue weighted by Gasteiger charge is 2.06. The molecule has 36 heavy (non-hydrogen) atoms. The van der Waals surface area contributed by atoms with E-state index in [4.69, 9.17) is 0 Å². The maximum atomic E-state index is 12.1. The van der Waals surface area contributed by atoms with Crippen molar-refractivity contribution in [3.8, 4) is 0 Å². The van der Waals surface area contributed by atoms with E-state index in [1.54, 1.807) is 14.1 Å². The Morgan fingerprint density at radius 3 is 1.17 bits per heavy atom. The molecule has 2 aromatic carbocycles. The van der Waals surface area contributed by atoms with Gasteiger partial charge in [-0.05, 0) is 48.2 Å². The zero-order chi connectivity index (χ0) is 26.2. The Bertz CT molecular complexity index is 906. The van der Waals surface area contributed by atoms with Crippen LogP contribution in [0.25, 0.3) is 0 Å². The van der Waals surface area contributed by atoms with Crippen LogP contribution in [-0.2, 0) is 32.0 Å². The molecule has 0 aliphatic carbocycles. The molecule has 0 fully saturated rings. The number of hydrogen-bond acceptors (Lipinski definition) is 4. The normalized spacial score (nSPS) is 10.4. The molecular formula is C28H38N4O4. The first kappa shape index (κ1) is 28.6. The number of carbonyl (C=O) groups excluding carboxylic acids is 4. The summed E-state index contributed by atoms with van der Waals surface area (Å²) in [6.07, 6.45) is 7.30. The van der Waals surface area contributed by atoms with E-state index in [0.29, 0.717) is 25.7 Å². The summed E-state index contributed by atoms with van der Waals surface area (Å²) in [5.41, 5.74) is 3.27. The summed E-state index contributed by atoms with van der Waals surface area (Å²) in [5.74, 6) is -0.103. The summed E-state index contributed by atoms with van der Waals surface area (Å²) >= 11 is 0. The average molecular weight is 495 g/mol. The molecule has 0 unspecified atom stereocenters. The van der Waals surface area contributed by atoms with Gasteiger partial charge in [0.2, 0.25) is 23.6 Å². The number of amides is 4. The Kier molecular flexibility index (Phi) is 12.8. The number of rotatable bonds is 15. The Morgan fingerprint density at radius 2 is 0.833 bits per heavy atom. The smallest absolute Gasteiger partial charge is 0.224 e. The number of unbranched alkanes of at least 4 members (excludes halogenated alkanes) is 5. The number of nitrogens with one attached hydrogen (secondary N) is 4. The SMILES string of the molecule is CNC(=O)Cc1ccc(NC(=O)CCCCCCCCC(=O)Nc2ccc(CC(=O)NC)cc2)cc1. The second-order valence-electron chi connectivity index (χ2n) is 8.81. The zero-order valence-electron chi connectivity index (χ0n) is 21.3. The van der Waals surface area contributed by atoms with Gasteiger partial charge in [-0.15, -0.1) is 0 Å². The molecule has 0 aliphatic heterocycles. The van der Waals surface area contributed by atoms with Crippen LogP contribution in [0.15, 0.2) is 48.5 Å². The molecule has 0 aromatic heterocycles. The van der Waals surface area contributed by atoms with Crippen molar-refractivity contribution in [1.29, 1.82) is 0 Å². The number of likely N-dealkylation sites (N-methyl/N-ethyl adjacent to an activating group) is 2. The Balaban J connectivity index is 1.50. The minimum absolute atomic E-state index is 0.00705. The number of benzene rings is 2. The van der Waals surface area contributed by atoms with Gasteiger partial charge >= 0.3 is 0 Å². The molecule has 2 rings (SSSR count). The quantitative estimate of drug-likeness (QED) is 0.280. The molecular weight excluding hydrogens is 456 g/mol. The van der Waals surface area contributed by atoms with Crippen LogP contribution >= 0.6 is 0 Å². The molecule has 0 spiro atoms. The van der Waals surface area contributed by atoms with Gasteiger partial charge in [-0.3, -0.25) is 19.2 Å². The van der Waals surface area contributed by atoms with Crippen LogP contribution in [-0.4, -0.2) is 37.7 Å². The summed E-state index contributed by atoms with van der Waals surface area (Å²) in [6.45, 7) is 0. The minimum atomic E-state index is -0.0443. The topological polar surface area (TPSA) is 116 Å². The molecule has 0 saturated carbocycles. The zero-order valence-corrected chi connectivity index (χ0v) is 21.3. The predicted octanol–water partition coefficient (Wildman–Crippen LogP) is 3.96. The van der Waals surface area contributed by atoms with Gasteiger partial charge in [0.25, 0.3) is 0 Å². The maximum Gasteiger partial charge on any atom is 0.224 e. The molecule has 0 heterocycles. The van der Waals surface area contributed by atoms with Gasteiger partial charge in [0, 0.05) is 38.3 Å². The van der Waals surface area contributed by atoms with E-state index < -0.39 is 0 Å². The lowest BCUT2D eigenvalue weighted by Gasteiger charge is -2.07. The van der Waals surface area contributed by atoms with Crippen LogP contribution < -0.4 is 21.3 Å². The van der Waals surface area contributed by atoms with Gasteiger partial charge in [0.1, 0.15) is 0 Å². The predicted molar refractivity (Wildman–Crippen MR) is 143 cm³/mol. The molecule has 8 heteroatoms. The van der Waals surface area contributed by atoms with Crippen molar-refractivity contribution in [3.63, 3.8) is 0 Å². The van der Waals surface area contributed by atoms with Crippen molar-refractivity contribution < 1.29 is 19.2 Å². The maximum absolute atomic E-state index is 12.1. The van der Waals surface area contributed by atoms with E-state index in [2.05, 4.69) is 21.3 Å². The molecule has 0 bridgehead atoms. The first-order chi connectivity index (χ1) is 17.4. The van der Waals surface area contributed by atoms with Crippen LogP contribution in [0, 0.1) is 0 Å². The van der Waals surface area contributed by atoms with Crippen LogP contribution in [0.2, 0.25) is 0 Å². The molecule has 0 radical (unpaired) electrons. The van der Waals surface area contributed by atoms with E-state index in [1.165, 1.54) is 0 Å². The lowest BCUT2D eigenvalue weighted by Crippen LogP contribution is -2.19. The first-order valence-electron chi connectivity index (χ1n) is 12.6. The molecule has 0 saturated heterocycles. The lowest BCUT2D eigenvalue weighted by atomic mass is 10.1. The van der Waals surface area contributed by atoms with E-state index in [0.717, 1.165) is 61.0 Å². The van der Waals surface area contributed by atoms with Crippen LogP contribution in [0.1, 0.15) is 62.5 Å². The molecule has 4 amide bonds. The number of carbonyl (C=O) groups is 4. The number of hydrogen-bond donors (Lipinski definition) is 4. The number of anilines is 2. The summed E-state index contributed by atoms with van der Waals surface area (Å²) < 4.78 is 0. The Hall–Kier alpha value is -3.68. The molecule has 194 valence electrons. The van der Waals surface area contributed by atoms with E-state index in [1.807, 2.05) is 48.5 Å². The highest BCUT2D eigenvalue weighted by atomic mass is 16.2. The first-order valence-corrected chi connectivity index (χ1v) is 12.6. The highest BCUT2D eigenvalue weighted by Crippen LogP contribution is 2.14. The van der Waals surface area contributed by atoms with Gasteiger partial charge in [0.15, 0.2) is 0 Å². The van der Waals surface area contributed by atoms with Gasteiger partial charge in [0.05, 0.1) is 12.8 Å². The van der Waals surface area contributed by atoms with E-state index >= 15 is 0 Å². The minimum Gasteiger partial charge on any atom is -0.359 e. The van der Waals surface area contributed by atoms with Crippen LogP contribution in [0.3, 0.4) is 0 Å². The van der Waals surface area contributed by atoms with Crippen molar-refractivity contribution in [2.75, 3.05) is 24.7 Å². The standard InChI is InChI=1S/C28H38N4O4/c1-29-27(35)19-21-11-15-23(16-12-21)31-25(33)9-7-5-3-4-6-8-10-26(34)32-24-17-13-22(14-18-24)20-28(36)30-2/h11-18H,3-10,19-20H2,1-2H3,(H,29,35)(H,30,36)(H,31,33)(H,32,34). The Labute approximate surface area is 213 Å². The highest BCUT2D eigenvalue weighted by molar-refractivity contribution is 5.91. The summed E-state index contributed by atoms with van der Waals surface area (Å²) in [7, 11) is 3.22. The average Bonchev–Trinajstić information content (AvgIpc) is 2.87. The Morgan fingerprint density at radius 1 is 0.500 bits per heavy atom. The van der Waals surface area contributed by atoms with Crippen molar-refractivity contribution in [2.24, 2.45) is 0 Å². The third kappa shape index (κ3) is 11.6. The van der Waals surface area contributed by atoms with Crippen LogP contribution in [0.5, 0.6) is 0 Å². The van der Waals surface area contributed by atoms with E-state index in [-0.39, 0.29) is 23.6 Å². The van der Waals surface area contributed by atoms with Crippen LogP contribution in [0.4, 0.5) is 11.4 Å². The summed E-state index contributed by atoms with van der Waals surface area (Å²) in [6, 6.07) is 14.6. The fraction of sp³-hybridized carbons (Fsp3) is 0.429. The van der Waals surface area contributed by atoms with Crippen molar-refractivity contribution >= 4 is 35.0 Å². The third-order valence-corrected chi connectivity index (χ3v) is 5.82. The van der Waals surface area contributed by atoms with Gasteiger partial charge in [-0.1, -0.05) is 49.9 Å². The van der Waals surface area contributed by atoms with E-state index in [9.17, 15) is 19.2 Å². The second kappa shape index (κ2) is 16.1. The molecule has 4 N–H and O–H groups in total. The third-order valence-electron chi connectivity index (χ3n) is 5.82. The monoisotopic (exact) mass is 494 g/mol. The molecule has 2 aromatic rings. The summed E-state index contributed by atoms with van der Waals surface area (Å²) in [5, 5.41) is 11.0. The van der Waals surface area contributed by atoms with Crippen molar-refractivity contribution in [1.82, 2.24) is 10.6 Å². The lowest BCUT2D eigenvalue weighted by molar-refractivity contribution is -0.120. The molecule has 8 nitrogen and oxygen atoms in total. The largest absolute Gasteiger partial charge is 0.359 e. The van der Waals surface area contributed by atoms with Gasteiger partial charge < -0.3 is 21.3 Å². The van der Waals surface area contributed by atoms with Gasteiger partial charge in [-0.2, -0.15) is 0 Å². The molecule has 0 aliphatic rings. The van der Waals surface area contributed by atoms with Gasteiger partial charge in [-0.25, -0.2) is 0 Å².